The number of benzene rings is 1. The van der Waals surface area contributed by atoms with Crippen LogP contribution in [0.4, 0.5) is 5.82 Å². The van der Waals surface area contributed by atoms with Gasteiger partial charge in [0.25, 0.3) is 5.56 Å². The average Bonchev–Trinajstić information content (AvgIpc) is 2.58. The van der Waals surface area contributed by atoms with Crippen molar-refractivity contribution in [2.45, 2.75) is 0 Å². The highest BCUT2D eigenvalue weighted by molar-refractivity contribution is 6.07. The first kappa shape index (κ1) is 19.3. The summed E-state index contributed by atoms with van der Waals surface area (Å²) in [5.74, 6) is -4.93. The van der Waals surface area contributed by atoms with Crippen LogP contribution in [0.25, 0.3) is 11.1 Å². The van der Waals surface area contributed by atoms with Gasteiger partial charge in [0.05, 0.1) is 7.11 Å². The van der Waals surface area contributed by atoms with Crippen LogP contribution < -0.4 is 20.8 Å². The predicted molar refractivity (Wildman–Crippen MR) is 90.5 cm³/mol. The number of H-pyrrole nitrogens is 1. The normalized spacial score (nSPS) is 10.3. The van der Waals surface area contributed by atoms with Gasteiger partial charge in [0.15, 0.2) is 18.1 Å². The maximum atomic E-state index is 12.0. The lowest BCUT2D eigenvalue weighted by Gasteiger charge is -2.15. The summed E-state index contributed by atoms with van der Waals surface area (Å²) < 4.78 is 10.1. The standard InChI is InChI=1S/C16H14N2O9/c1-26-8-4-6(2-3-7(8)27-5-9(19)20)10-11(15(22)23)13(17)18-14(21)12(10)16(24)25/h2-4H,5H2,1H3,(H,19,20)(H,22,23)(H,24,25)(H3,17,18,21). The topological polar surface area (TPSA) is 189 Å². The Kier molecular flexibility index (Phi) is 5.34. The zero-order valence-electron chi connectivity index (χ0n) is 13.8. The molecule has 0 aliphatic heterocycles. The summed E-state index contributed by atoms with van der Waals surface area (Å²) in [5, 5.41) is 27.5. The predicted octanol–water partition coefficient (Wildman–Crippen LogP) is 0.492. The van der Waals surface area contributed by atoms with Crippen molar-refractivity contribution >= 4 is 23.7 Å². The van der Waals surface area contributed by atoms with Gasteiger partial charge >= 0.3 is 17.9 Å². The van der Waals surface area contributed by atoms with Gasteiger partial charge in [0.1, 0.15) is 16.9 Å². The maximum Gasteiger partial charge on any atom is 0.342 e. The van der Waals surface area contributed by atoms with Crippen LogP contribution in [0.1, 0.15) is 20.7 Å². The minimum absolute atomic E-state index is 0.000260. The number of pyridine rings is 1. The number of aromatic carboxylic acids is 2. The van der Waals surface area contributed by atoms with E-state index in [1.807, 2.05) is 4.98 Å². The third-order valence-corrected chi connectivity index (χ3v) is 3.48. The number of carbonyl (C=O) groups is 3. The molecule has 0 atom stereocenters. The Bertz CT molecular complexity index is 994. The molecule has 0 aliphatic rings. The van der Waals surface area contributed by atoms with E-state index in [-0.39, 0.29) is 17.1 Å². The summed E-state index contributed by atoms with van der Waals surface area (Å²) in [6.45, 7) is -0.658. The molecule has 1 aromatic carbocycles. The lowest BCUT2D eigenvalue weighted by atomic mass is 9.95. The number of hydrogen-bond acceptors (Lipinski definition) is 7. The number of aromatic amines is 1. The fraction of sp³-hybridized carbons (Fsp3) is 0.125. The second-order valence-corrected chi connectivity index (χ2v) is 5.15. The minimum Gasteiger partial charge on any atom is -0.493 e. The number of ether oxygens (including phenoxy) is 2. The molecule has 2 aromatic rings. The smallest absolute Gasteiger partial charge is 0.342 e. The average molecular weight is 378 g/mol. The Morgan fingerprint density at radius 3 is 2.22 bits per heavy atom. The van der Waals surface area contributed by atoms with Crippen molar-refractivity contribution in [2.75, 3.05) is 19.5 Å². The van der Waals surface area contributed by atoms with E-state index in [1.165, 1.54) is 25.3 Å². The van der Waals surface area contributed by atoms with Gasteiger partial charge in [-0.3, -0.25) is 4.79 Å². The lowest BCUT2D eigenvalue weighted by Crippen LogP contribution is -2.24. The molecule has 27 heavy (non-hydrogen) atoms. The minimum atomic E-state index is -1.65. The van der Waals surface area contributed by atoms with Gasteiger partial charge in [-0.25, -0.2) is 14.4 Å². The van der Waals surface area contributed by atoms with E-state index < -0.39 is 52.6 Å². The van der Waals surface area contributed by atoms with Crippen molar-refractivity contribution in [2.24, 2.45) is 0 Å². The Balaban J connectivity index is 2.77. The van der Waals surface area contributed by atoms with Crippen LogP contribution in [0.15, 0.2) is 23.0 Å². The van der Waals surface area contributed by atoms with E-state index in [9.17, 15) is 29.4 Å². The van der Waals surface area contributed by atoms with Crippen LogP contribution in [-0.2, 0) is 4.79 Å². The van der Waals surface area contributed by atoms with E-state index in [1.54, 1.807) is 0 Å². The molecule has 0 saturated carbocycles. The molecule has 0 bridgehead atoms. The molecule has 142 valence electrons. The van der Waals surface area contributed by atoms with E-state index in [0.29, 0.717) is 0 Å². The first-order chi connectivity index (χ1) is 12.7. The van der Waals surface area contributed by atoms with Crippen LogP contribution in [0, 0.1) is 0 Å². The van der Waals surface area contributed by atoms with Gasteiger partial charge in [-0.1, -0.05) is 6.07 Å². The van der Waals surface area contributed by atoms with Gasteiger partial charge < -0.3 is 35.5 Å². The number of nitrogen functional groups attached to an aromatic ring is 1. The molecule has 2 rings (SSSR count). The third kappa shape index (κ3) is 3.81. The van der Waals surface area contributed by atoms with E-state index in [2.05, 4.69) is 0 Å². The number of nitrogens with two attached hydrogens (primary N) is 1. The molecular weight excluding hydrogens is 364 g/mol. The van der Waals surface area contributed by atoms with E-state index in [4.69, 9.17) is 20.3 Å². The number of nitrogens with one attached hydrogen (secondary N) is 1. The molecule has 0 radical (unpaired) electrons. The highest BCUT2D eigenvalue weighted by atomic mass is 16.5. The SMILES string of the molecule is COc1cc(-c2c(C(=O)O)c(N)[nH]c(=O)c2C(=O)O)ccc1OCC(=O)O. The second-order valence-electron chi connectivity index (χ2n) is 5.15. The zero-order chi connectivity index (χ0) is 20.3. The molecule has 0 saturated heterocycles. The molecule has 1 heterocycles. The summed E-state index contributed by atoms with van der Waals surface area (Å²) >= 11 is 0. The lowest BCUT2D eigenvalue weighted by molar-refractivity contribution is -0.139. The monoisotopic (exact) mass is 378 g/mol. The third-order valence-electron chi connectivity index (χ3n) is 3.48. The van der Waals surface area contributed by atoms with Gasteiger partial charge in [-0.15, -0.1) is 0 Å². The Labute approximate surface area is 150 Å². The van der Waals surface area contributed by atoms with Crippen LogP contribution >= 0.6 is 0 Å². The molecular formula is C16H14N2O9. The van der Waals surface area contributed by atoms with Gasteiger partial charge in [0, 0.05) is 5.56 Å². The molecule has 1 aromatic heterocycles. The number of carboxylic acids is 3. The zero-order valence-corrected chi connectivity index (χ0v) is 13.8. The summed E-state index contributed by atoms with van der Waals surface area (Å²) in [5.41, 5.74) is 2.65. The van der Waals surface area contributed by atoms with Crippen LogP contribution in [0.2, 0.25) is 0 Å². The van der Waals surface area contributed by atoms with Crippen LogP contribution in [0.3, 0.4) is 0 Å². The number of anilines is 1. The van der Waals surface area contributed by atoms with Crippen molar-refractivity contribution in [3.63, 3.8) is 0 Å². The molecule has 0 amide bonds. The number of rotatable bonds is 7. The molecule has 11 nitrogen and oxygen atoms in total. The molecule has 0 aliphatic carbocycles. The number of aliphatic carboxylic acids is 1. The van der Waals surface area contributed by atoms with Gasteiger partial charge in [-0.2, -0.15) is 0 Å². The summed E-state index contributed by atoms with van der Waals surface area (Å²) in [4.78, 5) is 47.7. The number of methoxy groups -OCH3 is 1. The van der Waals surface area contributed by atoms with Crippen molar-refractivity contribution in [1.82, 2.24) is 4.98 Å². The fourth-order valence-corrected chi connectivity index (χ4v) is 2.42. The number of carboxylic acid groups (broad SMARTS) is 3. The van der Waals surface area contributed by atoms with Crippen molar-refractivity contribution < 1.29 is 39.2 Å². The van der Waals surface area contributed by atoms with Crippen molar-refractivity contribution in [3.05, 3.63) is 39.7 Å². The summed E-state index contributed by atoms with van der Waals surface area (Å²) in [6.07, 6.45) is 0. The Morgan fingerprint density at radius 2 is 1.70 bits per heavy atom. The molecule has 0 fully saturated rings. The first-order valence-electron chi connectivity index (χ1n) is 7.22. The molecule has 6 N–H and O–H groups in total. The first-order valence-corrected chi connectivity index (χ1v) is 7.22. The summed E-state index contributed by atoms with van der Waals surface area (Å²) in [7, 11) is 1.25. The number of hydrogen-bond donors (Lipinski definition) is 5. The Morgan fingerprint density at radius 1 is 1.07 bits per heavy atom. The van der Waals surface area contributed by atoms with E-state index >= 15 is 0 Å². The maximum absolute atomic E-state index is 12.0. The highest BCUT2D eigenvalue weighted by Gasteiger charge is 2.27. The van der Waals surface area contributed by atoms with Crippen LogP contribution in [-0.4, -0.2) is 51.9 Å². The Hall–Kier alpha value is -4.02. The second kappa shape index (κ2) is 7.47. The van der Waals surface area contributed by atoms with Crippen molar-refractivity contribution in [1.29, 1.82) is 0 Å². The van der Waals surface area contributed by atoms with E-state index in [0.717, 1.165) is 0 Å². The molecule has 11 heteroatoms. The molecule has 0 unspecified atom stereocenters. The summed E-state index contributed by atoms with van der Waals surface area (Å²) in [6, 6.07) is 3.73. The largest absolute Gasteiger partial charge is 0.493 e. The fourth-order valence-electron chi connectivity index (χ4n) is 2.42. The molecule has 0 spiro atoms. The van der Waals surface area contributed by atoms with Crippen molar-refractivity contribution in [3.8, 4) is 22.6 Å². The van der Waals surface area contributed by atoms with Crippen LogP contribution in [0.5, 0.6) is 11.5 Å². The van der Waals surface area contributed by atoms with Gasteiger partial charge in [0.2, 0.25) is 0 Å². The quantitative estimate of drug-likeness (QED) is 0.453. The number of aromatic nitrogens is 1. The highest BCUT2D eigenvalue weighted by Crippen LogP contribution is 2.36. The van der Waals surface area contributed by atoms with Gasteiger partial charge in [-0.05, 0) is 17.7 Å².